The largest absolute Gasteiger partial charge is 0.314 e. The van der Waals surface area contributed by atoms with Crippen LogP contribution in [0.2, 0.25) is 0 Å². The van der Waals surface area contributed by atoms with Crippen molar-refractivity contribution in [1.82, 2.24) is 5.32 Å². The monoisotopic (exact) mass is 827 g/mol. The van der Waals surface area contributed by atoms with E-state index in [4.69, 9.17) is 4.99 Å². The normalized spacial score (nSPS) is 17.3. The van der Waals surface area contributed by atoms with E-state index in [-0.39, 0.29) is 12.1 Å². The highest BCUT2D eigenvalue weighted by Gasteiger charge is 2.27. The average Bonchev–Trinajstić information content (AvgIpc) is 3.73. The summed E-state index contributed by atoms with van der Waals surface area (Å²) in [4.78, 5) is 14.4. The number of para-hydroxylation sites is 3. The maximum atomic E-state index is 5.11. The lowest BCUT2D eigenvalue weighted by atomic mass is 9.93. The fraction of sp³-hybridized carbons (Fsp3) is 0.0847. The lowest BCUT2D eigenvalue weighted by Crippen LogP contribution is -2.19. The van der Waals surface area contributed by atoms with Gasteiger partial charge in [-0.1, -0.05) is 171 Å². The highest BCUT2D eigenvalue weighted by atomic mass is 15.2. The molecule has 0 aromatic heterocycles. The minimum absolute atomic E-state index is 0.0492. The zero-order valence-corrected chi connectivity index (χ0v) is 36.1. The Kier molecular flexibility index (Phi) is 11.2. The van der Waals surface area contributed by atoms with Gasteiger partial charge in [0.05, 0.1) is 0 Å². The Morgan fingerprint density at radius 2 is 1.14 bits per heavy atom. The van der Waals surface area contributed by atoms with Gasteiger partial charge in [-0.05, 0) is 118 Å². The van der Waals surface area contributed by atoms with Crippen LogP contribution in [0.5, 0.6) is 0 Å². The molecule has 310 valence electrons. The summed E-state index contributed by atoms with van der Waals surface area (Å²) < 4.78 is 0. The van der Waals surface area contributed by atoms with E-state index < -0.39 is 0 Å². The molecule has 5 nitrogen and oxygen atoms in total. The van der Waals surface area contributed by atoms with Crippen LogP contribution in [-0.4, -0.2) is 19.6 Å². The van der Waals surface area contributed by atoms with E-state index in [0.717, 1.165) is 73.7 Å². The van der Waals surface area contributed by atoms with Gasteiger partial charge in [0.2, 0.25) is 0 Å². The van der Waals surface area contributed by atoms with E-state index in [0.29, 0.717) is 5.84 Å². The number of hydrogen-bond donors (Lipinski definition) is 1. The Hall–Kier alpha value is -7.86. The van der Waals surface area contributed by atoms with E-state index in [1.807, 2.05) is 7.05 Å². The number of allylic oxidation sites excluding steroid dienone is 3. The van der Waals surface area contributed by atoms with Crippen molar-refractivity contribution in [2.75, 3.05) is 16.8 Å². The second-order valence-corrected chi connectivity index (χ2v) is 16.4. The van der Waals surface area contributed by atoms with Gasteiger partial charge in [0, 0.05) is 52.0 Å². The average molecular weight is 828 g/mol. The second-order valence-electron chi connectivity index (χ2n) is 16.4. The van der Waals surface area contributed by atoms with Crippen LogP contribution in [0.25, 0.3) is 33.4 Å². The molecule has 0 amide bonds. The SMILES string of the molecule is C=NC1=NC(NC)c2ccc(cc2)-c2cccc(c2)C(C)/C=C(\C=C2/Cc3ccccc3N2c2ccccc2)N(c2ccccc2)c2cccc(c2)-c2ccccc2-c2cccc1c2. The Balaban J connectivity index is 1.22. The van der Waals surface area contributed by atoms with Gasteiger partial charge in [-0.15, -0.1) is 0 Å². The van der Waals surface area contributed by atoms with Crippen molar-refractivity contribution in [3.05, 3.63) is 252 Å². The van der Waals surface area contributed by atoms with Crippen LogP contribution in [0, 0.1) is 0 Å². The predicted molar refractivity (Wildman–Crippen MR) is 269 cm³/mol. The number of nitrogens with one attached hydrogen (secondary N) is 1. The molecule has 0 aliphatic carbocycles. The molecule has 0 saturated carbocycles. The lowest BCUT2D eigenvalue weighted by molar-refractivity contribution is 0.625. The summed E-state index contributed by atoms with van der Waals surface area (Å²) in [6.07, 6.45) is 5.34. The number of benzene rings is 8. The van der Waals surface area contributed by atoms with Crippen LogP contribution >= 0.6 is 0 Å². The zero-order chi connectivity index (χ0) is 43.4. The highest BCUT2D eigenvalue weighted by molar-refractivity contribution is 6.03. The lowest BCUT2D eigenvalue weighted by Gasteiger charge is -2.30. The van der Waals surface area contributed by atoms with Crippen LogP contribution in [0.15, 0.2) is 240 Å². The van der Waals surface area contributed by atoms with Crippen LogP contribution in [-0.2, 0) is 6.42 Å². The molecule has 0 radical (unpaired) electrons. The molecular formula is C59H49N5. The maximum absolute atomic E-state index is 5.11. The van der Waals surface area contributed by atoms with E-state index in [1.165, 1.54) is 22.5 Å². The van der Waals surface area contributed by atoms with Gasteiger partial charge in [0.15, 0.2) is 5.84 Å². The summed E-state index contributed by atoms with van der Waals surface area (Å²) in [6.45, 7) is 6.27. The fourth-order valence-electron chi connectivity index (χ4n) is 9.16. The molecule has 3 aliphatic rings. The van der Waals surface area contributed by atoms with Crippen molar-refractivity contribution < 1.29 is 0 Å². The number of fused-ring (bicyclic) bond motifs is 6. The van der Waals surface area contributed by atoms with Gasteiger partial charge in [0.1, 0.15) is 6.17 Å². The van der Waals surface area contributed by atoms with Crippen molar-refractivity contribution in [3.8, 4) is 33.4 Å². The van der Waals surface area contributed by atoms with Crippen LogP contribution in [0.3, 0.4) is 0 Å². The Bertz CT molecular complexity index is 3060. The van der Waals surface area contributed by atoms with Crippen molar-refractivity contribution in [2.24, 2.45) is 9.98 Å². The number of hydrogen-bond acceptors (Lipinski definition) is 5. The molecule has 3 heterocycles. The molecule has 8 bridgehead atoms. The molecule has 0 saturated heterocycles. The minimum atomic E-state index is -0.312. The van der Waals surface area contributed by atoms with Gasteiger partial charge in [-0.3, -0.25) is 5.32 Å². The highest BCUT2D eigenvalue weighted by Crippen LogP contribution is 2.43. The third kappa shape index (κ3) is 8.01. The summed E-state index contributed by atoms with van der Waals surface area (Å²) in [5.74, 6) is 0.629. The number of rotatable bonds is 4. The molecule has 8 aromatic carbocycles. The van der Waals surface area contributed by atoms with E-state index in [2.05, 4.69) is 252 Å². The first-order chi connectivity index (χ1) is 31.5. The van der Waals surface area contributed by atoms with Crippen molar-refractivity contribution in [2.45, 2.75) is 25.4 Å². The molecule has 64 heavy (non-hydrogen) atoms. The minimum Gasteiger partial charge on any atom is -0.314 e. The number of aliphatic imine (C=N–C) groups is 2. The number of nitrogens with zero attached hydrogens (tertiary/aromatic N) is 4. The van der Waals surface area contributed by atoms with E-state index >= 15 is 0 Å². The third-order valence-electron chi connectivity index (χ3n) is 12.3. The Labute approximate surface area is 376 Å². The van der Waals surface area contributed by atoms with E-state index in [9.17, 15) is 0 Å². The molecule has 1 N–H and O–H groups in total. The summed E-state index contributed by atoms with van der Waals surface area (Å²) >= 11 is 0. The molecule has 0 spiro atoms. The zero-order valence-electron chi connectivity index (χ0n) is 36.1. The summed E-state index contributed by atoms with van der Waals surface area (Å²) in [5.41, 5.74) is 18.0. The second kappa shape index (κ2) is 17.9. The first-order valence-corrected chi connectivity index (χ1v) is 22.0. The molecule has 8 aromatic rings. The predicted octanol–water partition coefficient (Wildman–Crippen LogP) is 14.5. The Morgan fingerprint density at radius 1 is 0.547 bits per heavy atom. The topological polar surface area (TPSA) is 43.2 Å². The van der Waals surface area contributed by atoms with E-state index in [1.54, 1.807) is 0 Å². The van der Waals surface area contributed by atoms with Crippen LogP contribution < -0.4 is 15.1 Å². The first kappa shape index (κ1) is 40.2. The molecule has 3 aliphatic heterocycles. The van der Waals surface area contributed by atoms with Gasteiger partial charge >= 0.3 is 0 Å². The molecule has 5 heteroatoms. The Morgan fingerprint density at radius 3 is 1.86 bits per heavy atom. The number of amidine groups is 1. The maximum Gasteiger partial charge on any atom is 0.155 e. The molecule has 2 atom stereocenters. The third-order valence-corrected chi connectivity index (χ3v) is 12.3. The summed E-state index contributed by atoms with van der Waals surface area (Å²) in [7, 11) is 1.93. The molecule has 2 unspecified atom stereocenters. The van der Waals surface area contributed by atoms with Gasteiger partial charge in [-0.25, -0.2) is 9.98 Å². The van der Waals surface area contributed by atoms with Crippen molar-refractivity contribution >= 4 is 35.3 Å². The summed E-state index contributed by atoms with van der Waals surface area (Å²) in [6, 6.07) is 74.0. The van der Waals surface area contributed by atoms with Crippen molar-refractivity contribution in [1.29, 1.82) is 0 Å². The fourth-order valence-corrected chi connectivity index (χ4v) is 9.16. The molecular weight excluding hydrogens is 779 g/mol. The number of anilines is 4. The standard InChI is InChI=1S/C59H49N5/c1-41-35-53(40-54-39-48-17-10-13-30-57(48)64(54)51-25-8-5-9-26-51)63(50-23-6-4-7-24-50)52-27-16-21-47(38-52)56-29-12-11-28-55(56)46-20-15-22-49(37-46)59(61-3)62-58(60-2)43-33-31-42(32-34-43)45-19-14-18-44(41)36-45/h4-38,40-41,58,60H,3,39H2,1-2H3/b53-35+,54-40+,62-59?. The van der Waals surface area contributed by atoms with Crippen LogP contribution in [0.1, 0.15) is 41.3 Å². The van der Waals surface area contributed by atoms with Crippen molar-refractivity contribution in [3.63, 3.8) is 0 Å². The summed E-state index contributed by atoms with van der Waals surface area (Å²) in [5, 5.41) is 3.40. The quantitative estimate of drug-likeness (QED) is 0.180. The van der Waals surface area contributed by atoms with Crippen LogP contribution in [0.4, 0.5) is 22.7 Å². The smallest absolute Gasteiger partial charge is 0.155 e. The van der Waals surface area contributed by atoms with Gasteiger partial charge < -0.3 is 9.80 Å². The van der Waals surface area contributed by atoms with Gasteiger partial charge in [-0.2, -0.15) is 0 Å². The molecule has 0 fully saturated rings. The van der Waals surface area contributed by atoms with Gasteiger partial charge in [0.25, 0.3) is 0 Å². The first-order valence-electron chi connectivity index (χ1n) is 22.0. The molecule has 11 rings (SSSR count).